The minimum absolute atomic E-state index is 0.173. The third kappa shape index (κ3) is 0.991. The second kappa shape index (κ2) is 2.36. The highest BCUT2D eigenvalue weighted by molar-refractivity contribution is 5.39. The lowest BCUT2D eigenvalue weighted by molar-refractivity contribution is 0.177. The molecule has 0 aliphatic carbocycles. The maximum absolute atomic E-state index is 10.5. The SMILES string of the molecule is [O]Cc1ccc2nccn2c1. The van der Waals surface area contributed by atoms with Gasteiger partial charge in [0.1, 0.15) is 12.3 Å². The van der Waals surface area contributed by atoms with Gasteiger partial charge in [0, 0.05) is 18.6 Å². The summed E-state index contributed by atoms with van der Waals surface area (Å²) in [5, 5.41) is 10.5. The summed E-state index contributed by atoms with van der Waals surface area (Å²) in [6.07, 6.45) is 5.34. The van der Waals surface area contributed by atoms with Crippen molar-refractivity contribution in [2.24, 2.45) is 0 Å². The fraction of sp³-hybridized carbons (Fsp3) is 0.125. The van der Waals surface area contributed by atoms with Crippen molar-refractivity contribution in [2.45, 2.75) is 6.61 Å². The summed E-state index contributed by atoms with van der Waals surface area (Å²) in [5.41, 5.74) is 1.66. The Kier molecular flexibility index (Phi) is 1.36. The Hall–Kier alpha value is -1.35. The molecule has 0 aromatic carbocycles. The Morgan fingerprint density at radius 1 is 1.45 bits per heavy atom. The van der Waals surface area contributed by atoms with E-state index in [1.54, 1.807) is 18.5 Å². The highest BCUT2D eigenvalue weighted by atomic mass is 16.3. The molecule has 2 rings (SSSR count). The fourth-order valence-electron chi connectivity index (χ4n) is 1.05. The monoisotopic (exact) mass is 147 g/mol. The maximum Gasteiger partial charge on any atom is 0.136 e. The molecule has 2 aromatic rings. The standard InChI is InChI=1S/C8H7N2O/c11-6-7-1-2-8-9-3-4-10(8)5-7/h1-5H,6H2. The zero-order valence-corrected chi connectivity index (χ0v) is 5.90. The second-order valence-corrected chi connectivity index (χ2v) is 2.37. The van der Waals surface area contributed by atoms with Gasteiger partial charge < -0.3 is 4.40 Å². The van der Waals surface area contributed by atoms with Crippen molar-refractivity contribution in [3.05, 3.63) is 36.3 Å². The third-order valence-electron chi connectivity index (χ3n) is 1.62. The summed E-state index contributed by atoms with van der Waals surface area (Å²) in [6.45, 7) is -0.173. The van der Waals surface area contributed by atoms with Crippen LogP contribution in [-0.4, -0.2) is 9.38 Å². The van der Waals surface area contributed by atoms with Crippen LogP contribution in [0.15, 0.2) is 30.7 Å². The van der Waals surface area contributed by atoms with Crippen molar-refractivity contribution in [1.82, 2.24) is 9.38 Å². The van der Waals surface area contributed by atoms with E-state index in [4.69, 9.17) is 0 Å². The zero-order valence-electron chi connectivity index (χ0n) is 5.90. The maximum atomic E-state index is 10.5. The molecule has 0 N–H and O–H groups in total. The molecule has 0 bridgehead atoms. The molecule has 0 saturated heterocycles. The van der Waals surface area contributed by atoms with Crippen LogP contribution in [0.5, 0.6) is 0 Å². The van der Waals surface area contributed by atoms with Crippen molar-refractivity contribution in [1.29, 1.82) is 0 Å². The van der Waals surface area contributed by atoms with E-state index >= 15 is 0 Å². The summed E-state index contributed by atoms with van der Waals surface area (Å²) in [6, 6.07) is 3.64. The Bertz CT molecular complexity index is 367. The number of fused-ring (bicyclic) bond motifs is 1. The van der Waals surface area contributed by atoms with E-state index in [1.807, 2.05) is 16.7 Å². The molecule has 3 heteroatoms. The van der Waals surface area contributed by atoms with Gasteiger partial charge in [0.15, 0.2) is 0 Å². The average Bonchev–Trinajstić information content (AvgIpc) is 2.50. The Morgan fingerprint density at radius 3 is 3.18 bits per heavy atom. The molecule has 2 aromatic heterocycles. The second-order valence-electron chi connectivity index (χ2n) is 2.37. The van der Waals surface area contributed by atoms with Gasteiger partial charge in [-0.3, -0.25) is 0 Å². The number of hydrogen-bond acceptors (Lipinski definition) is 1. The van der Waals surface area contributed by atoms with Gasteiger partial charge in [-0.15, -0.1) is 0 Å². The topological polar surface area (TPSA) is 37.2 Å². The molecular weight excluding hydrogens is 140 g/mol. The average molecular weight is 147 g/mol. The number of imidazole rings is 1. The first kappa shape index (κ1) is 6.37. The molecule has 3 nitrogen and oxygen atoms in total. The highest BCUT2D eigenvalue weighted by Gasteiger charge is 1.94. The lowest BCUT2D eigenvalue weighted by Crippen LogP contribution is -1.87. The van der Waals surface area contributed by atoms with Gasteiger partial charge in [0.2, 0.25) is 0 Å². The molecule has 0 fully saturated rings. The fourth-order valence-corrected chi connectivity index (χ4v) is 1.05. The molecule has 55 valence electrons. The first-order chi connectivity index (χ1) is 5.40. The van der Waals surface area contributed by atoms with Crippen LogP contribution in [0.3, 0.4) is 0 Å². The Labute approximate surface area is 63.9 Å². The van der Waals surface area contributed by atoms with Gasteiger partial charge in [0.05, 0.1) is 0 Å². The number of rotatable bonds is 1. The molecule has 0 atom stereocenters. The van der Waals surface area contributed by atoms with E-state index in [2.05, 4.69) is 4.98 Å². The molecule has 0 saturated carbocycles. The molecule has 0 amide bonds. The van der Waals surface area contributed by atoms with Gasteiger partial charge in [-0.25, -0.2) is 10.1 Å². The number of aromatic nitrogens is 2. The van der Waals surface area contributed by atoms with Crippen molar-refractivity contribution in [3.8, 4) is 0 Å². The molecule has 1 radical (unpaired) electrons. The number of hydrogen-bond donors (Lipinski definition) is 0. The van der Waals surface area contributed by atoms with Crippen molar-refractivity contribution in [2.75, 3.05) is 0 Å². The quantitative estimate of drug-likeness (QED) is 0.598. The van der Waals surface area contributed by atoms with Crippen molar-refractivity contribution >= 4 is 5.65 Å². The minimum Gasteiger partial charge on any atom is -0.307 e. The van der Waals surface area contributed by atoms with Crippen LogP contribution >= 0.6 is 0 Å². The predicted molar refractivity (Wildman–Crippen MR) is 39.6 cm³/mol. The summed E-state index contributed by atoms with van der Waals surface area (Å²) < 4.78 is 1.84. The van der Waals surface area contributed by atoms with Gasteiger partial charge in [0.25, 0.3) is 0 Å². The van der Waals surface area contributed by atoms with Crippen LogP contribution < -0.4 is 0 Å². The van der Waals surface area contributed by atoms with Crippen LogP contribution in [0, 0.1) is 0 Å². The van der Waals surface area contributed by atoms with Crippen molar-refractivity contribution < 1.29 is 5.11 Å². The van der Waals surface area contributed by atoms with E-state index in [9.17, 15) is 5.11 Å². The lowest BCUT2D eigenvalue weighted by Gasteiger charge is -1.95. The minimum atomic E-state index is -0.173. The van der Waals surface area contributed by atoms with Crippen LogP contribution in [0.1, 0.15) is 5.56 Å². The van der Waals surface area contributed by atoms with Gasteiger partial charge in [-0.2, -0.15) is 0 Å². The summed E-state index contributed by atoms with van der Waals surface area (Å²) in [4.78, 5) is 4.06. The van der Waals surface area contributed by atoms with Gasteiger partial charge in [-0.1, -0.05) is 6.07 Å². The molecule has 2 heterocycles. The summed E-state index contributed by atoms with van der Waals surface area (Å²) in [7, 11) is 0. The molecule has 0 spiro atoms. The molecular formula is C8H7N2O. The first-order valence-electron chi connectivity index (χ1n) is 3.40. The first-order valence-corrected chi connectivity index (χ1v) is 3.40. The lowest BCUT2D eigenvalue weighted by atomic mass is 10.3. The van der Waals surface area contributed by atoms with Crippen LogP contribution in [-0.2, 0) is 11.7 Å². The molecule has 0 aliphatic rings. The smallest absolute Gasteiger partial charge is 0.136 e. The van der Waals surface area contributed by atoms with E-state index in [0.717, 1.165) is 11.2 Å². The molecule has 0 unspecified atom stereocenters. The highest BCUT2D eigenvalue weighted by Crippen LogP contribution is 2.03. The number of pyridine rings is 1. The Morgan fingerprint density at radius 2 is 2.36 bits per heavy atom. The van der Waals surface area contributed by atoms with E-state index < -0.39 is 0 Å². The van der Waals surface area contributed by atoms with E-state index in [-0.39, 0.29) is 6.61 Å². The number of nitrogens with zero attached hydrogens (tertiary/aromatic N) is 2. The van der Waals surface area contributed by atoms with Crippen LogP contribution in [0.2, 0.25) is 0 Å². The molecule has 11 heavy (non-hydrogen) atoms. The predicted octanol–water partition coefficient (Wildman–Crippen LogP) is 1.26. The van der Waals surface area contributed by atoms with Crippen LogP contribution in [0.25, 0.3) is 5.65 Å². The van der Waals surface area contributed by atoms with Crippen LogP contribution in [0.4, 0.5) is 0 Å². The Balaban J connectivity index is 2.67. The molecule has 0 aliphatic heterocycles. The summed E-state index contributed by atoms with van der Waals surface area (Å²) >= 11 is 0. The normalized spacial score (nSPS) is 10.6. The van der Waals surface area contributed by atoms with Gasteiger partial charge in [-0.05, 0) is 11.6 Å². The summed E-state index contributed by atoms with van der Waals surface area (Å²) in [5.74, 6) is 0. The van der Waals surface area contributed by atoms with Gasteiger partial charge >= 0.3 is 0 Å². The largest absolute Gasteiger partial charge is 0.307 e. The van der Waals surface area contributed by atoms with E-state index in [1.165, 1.54) is 0 Å². The third-order valence-corrected chi connectivity index (χ3v) is 1.62. The zero-order chi connectivity index (χ0) is 7.68. The van der Waals surface area contributed by atoms with Crippen molar-refractivity contribution in [3.63, 3.8) is 0 Å². The van der Waals surface area contributed by atoms with E-state index in [0.29, 0.717) is 0 Å².